The predicted molar refractivity (Wildman–Crippen MR) is 63.6 cm³/mol. The Morgan fingerprint density at radius 1 is 1.42 bits per heavy atom. The summed E-state index contributed by atoms with van der Waals surface area (Å²) in [6.07, 6.45) is -4.34. The number of aromatic hydroxyl groups is 1. The Morgan fingerprint density at radius 2 is 2.11 bits per heavy atom. The van der Waals surface area contributed by atoms with Gasteiger partial charge in [-0.05, 0) is 24.6 Å². The Hall–Kier alpha value is -1.76. The molecule has 0 saturated heterocycles. The van der Waals surface area contributed by atoms with Gasteiger partial charge in [0.1, 0.15) is 5.75 Å². The van der Waals surface area contributed by atoms with Crippen LogP contribution in [0.3, 0.4) is 0 Å². The molecule has 1 atom stereocenters. The number of carbonyl (C=O) groups is 1. The first-order chi connectivity index (χ1) is 8.78. The summed E-state index contributed by atoms with van der Waals surface area (Å²) < 4.78 is 35.6. The molecule has 3 N–H and O–H groups in total. The van der Waals surface area contributed by atoms with Crippen LogP contribution in [0.4, 0.5) is 13.2 Å². The number of halogens is 3. The highest BCUT2D eigenvalue weighted by molar-refractivity contribution is 5.78. The van der Waals surface area contributed by atoms with Gasteiger partial charge in [0, 0.05) is 0 Å². The molecule has 0 aliphatic carbocycles. The number of hydrogen-bond acceptors (Lipinski definition) is 3. The Labute approximate surface area is 108 Å². The molecule has 1 aromatic carbocycles. The lowest BCUT2D eigenvalue weighted by atomic mass is 10.1. The van der Waals surface area contributed by atoms with Gasteiger partial charge >= 0.3 is 6.18 Å². The summed E-state index contributed by atoms with van der Waals surface area (Å²) in [5.41, 5.74) is 0.671. The van der Waals surface area contributed by atoms with Crippen molar-refractivity contribution in [2.24, 2.45) is 0 Å². The first kappa shape index (κ1) is 15.3. The normalized spacial score (nSPS) is 13.1. The summed E-state index contributed by atoms with van der Waals surface area (Å²) in [4.78, 5) is 11.4. The van der Waals surface area contributed by atoms with E-state index in [0.717, 1.165) is 0 Å². The molecule has 7 heteroatoms. The minimum Gasteiger partial charge on any atom is -0.508 e. The number of rotatable bonds is 5. The van der Waals surface area contributed by atoms with Crippen LogP contribution in [-0.4, -0.2) is 30.3 Å². The lowest BCUT2D eigenvalue weighted by Gasteiger charge is -2.15. The molecule has 0 aliphatic rings. The van der Waals surface area contributed by atoms with Gasteiger partial charge in [0.15, 0.2) is 0 Å². The lowest BCUT2D eigenvalue weighted by Crippen LogP contribution is -2.39. The third-order valence-electron chi connectivity index (χ3n) is 2.36. The van der Waals surface area contributed by atoms with Crippen LogP contribution in [0.15, 0.2) is 24.3 Å². The van der Waals surface area contributed by atoms with Crippen molar-refractivity contribution in [3.8, 4) is 5.75 Å². The number of benzene rings is 1. The molecule has 0 heterocycles. The van der Waals surface area contributed by atoms with Gasteiger partial charge in [-0.2, -0.15) is 13.2 Å². The summed E-state index contributed by atoms with van der Waals surface area (Å²) in [6.45, 7) is 0.0556. The fraction of sp³-hybridized carbons (Fsp3) is 0.417. The summed E-state index contributed by atoms with van der Waals surface area (Å²) >= 11 is 0. The molecule has 0 aliphatic heterocycles. The predicted octanol–water partition coefficient (Wildman–Crippen LogP) is 1.72. The third kappa shape index (κ3) is 6.10. The van der Waals surface area contributed by atoms with E-state index in [1.165, 1.54) is 12.1 Å². The standard InChI is InChI=1S/C12H15F3N2O2/c1-8(9-3-2-4-10(18)5-9)17-11(19)6-16-7-12(13,14)15/h2-5,8,16,18H,6-7H2,1H3,(H,17,19). The molecule has 1 amide bonds. The highest BCUT2D eigenvalue weighted by Gasteiger charge is 2.26. The molecule has 0 saturated carbocycles. The van der Waals surface area contributed by atoms with E-state index in [-0.39, 0.29) is 5.75 Å². The van der Waals surface area contributed by atoms with Gasteiger partial charge in [-0.25, -0.2) is 0 Å². The number of carbonyl (C=O) groups excluding carboxylic acids is 1. The second-order valence-corrected chi connectivity index (χ2v) is 4.10. The van der Waals surface area contributed by atoms with E-state index in [1.54, 1.807) is 19.1 Å². The number of nitrogens with one attached hydrogen (secondary N) is 2. The molecule has 19 heavy (non-hydrogen) atoms. The van der Waals surface area contributed by atoms with E-state index in [0.29, 0.717) is 5.56 Å². The second kappa shape index (κ2) is 6.42. The highest BCUT2D eigenvalue weighted by Crippen LogP contribution is 2.17. The fourth-order valence-electron chi connectivity index (χ4n) is 1.49. The Morgan fingerprint density at radius 3 is 2.68 bits per heavy atom. The van der Waals surface area contributed by atoms with Gasteiger partial charge in [0.05, 0.1) is 19.1 Å². The van der Waals surface area contributed by atoms with Gasteiger partial charge in [-0.1, -0.05) is 12.1 Å². The third-order valence-corrected chi connectivity index (χ3v) is 2.36. The van der Waals surface area contributed by atoms with Crippen molar-refractivity contribution >= 4 is 5.91 Å². The van der Waals surface area contributed by atoms with Crippen LogP contribution >= 0.6 is 0 Å². The first-order valence-electron chi connectivity index (χ1n) is 5.63. The molecule has 0 bridgehead atoms. The maximum atomic E-state index is 11.9. The van der Waals surface area contributed by atoms with E-state index in [1.807, 2.05) is 5.32 Å². The summed E-state index contributed by atoms with van der Waals surface area (Å²) in [5.74, 6) is -0.478. The van der Waals surface area contributed by atoms with Gasteiger partial charge < -0.3 is 15.7 Å². The van der Waals surface area contributed by atoms with E-state index >= 15 is 0 Å². The minimum atomic E-state index is -4.34. The number of alkyl halides is 3. The Kier molecular flexibility index (Phi) is 5.17. The van der Waals surface area contributed by atoms with Gasteiger partial charge in [-0.3, -0.25) is 4.79 Å². The number of phenols is 1. The quantitative estimate of drug-likeness (QED) is 0.767. The average Bonchev–Trinajstić information content (AvgIpc) is 2.27. The van der Waals surface area contributed by atoms with Gasteiger partial charge in [0.2, 0.25) is 5.91 Å². The minimum absolute atomic E-state index is 0.0637. The van der Waals surface area contributed by atoms with Crippen LogP contribution in [0.5, 0.6) is 5.75 Å². The maximum absolute atomic E-state index is 11.9. The lowest BCUT2D eigenvalue weighted by molar-refractivity contribution is -0.128. The molecule has 1 rings (SSSR count). The zero-order valence-corrected chi connectivity index (χ0v) is 10.3. The first-order valence-corrected chi connectivity index (χ1v) is 5.63. The van der Waals surface area contributed by atoms with E-state index in [4.69, 9.17) is 0 Å². The second-order valence-electron chi connectivity index (χ2n) is 4.10. The molecule has 0 spiro atoms. The van der Waals surface area contributed by atoms with Crippen molar-refractivity contribution in [1.29, 1.82) is 0 Å². The van der Waals surface area contributed by atoms with E-state index in [2.05, 4.69) is 5.32 Å². The fourth-order valence-corrected chi connectivity index (χ4v) is 1.49. The van der Waals surface area contributed by atoms with Crippen molar-refractivity contribution in [3.63, 3.8) is 0 Å². The van der Waals surface area contributed by atoms with Crippen LogP contribution in [0.1, 0.15) is 18.5 Å². The SMILES string of the molecule is CC(NC(=O)CNCC(F)(F)F)c1cccc(O)c1. The van der Waals surface area contributed by atoms with Crippen molar-refractivity contribution in [2.45, 2.75) is 19.1 Å². The molecule has 0 fully saturated rings. The average molecular weight is 276 g/mol. The van der Waals surface area contributed by atoms with E-state index < -0.39 is 31.2 Å². The Balaban J connectivity index is 2.40. The molecule has 4 nitrogen and oxygen atoms in total. The topological polar surface area (TPSA) is 61.4 Å². The molecule has 1 unspecified atom stereocenters. The number of phenolic OH excluding ortho intramolecular Hbond substituents is 1. The smallest absolute Gasteiger partial charge is 0.401 e. The molecule has 1 aromatic rings. The van der Waals surface area contributed by atoms with Crippen molar-refractivity contribution in [2.75, 3.05) is 13.1 Å². The van der Waals surface area contributed by atoms with Crippen LogP contribution in [0.25, 0.3) is 0 Å². The maximum Gasteiger partial charge on any atom is 0.401 e. The highest BCUT2D eigenvalue weighted by atomic mass is 19.4. The van der Waals surface area contributed by atoms with E-state index in [9.17, 15) is 23.1 Å². The largest absolute Gasteiger partial charge is 0.508 e. The molecular weight excluding hydrogens is 261 g/mol. The van der Waals surface area contributed by atoms with Crippen LogP contribution in [0, 0.1) is 0 Å². The van der Waals surface area contributed by atoms with Crippen LogP contribution in [0.2, 0.25) is 0 Å². The van der Waals surface area contributed by atoms with Crippen LogP contribution < -0.4 is 10.6 Å². The molecular formula is C12H15F3N2O2. The summed E-state index contributed by atoms with van der Waals surface area (Å²) in [6, 6.07) is 5.90. The van der Waals surface area contributed by atoms with Gasteiger partial charge in [0.25, 0.3) is 0 Å². The Bertz CT molecular complexity index is 435. The number of amides is 1. The van der Waals surface area contributed by atoms with Gasteiger partial charge in [-0.15, -0.1) is 0 Å². The monoisotopic (exact) mass is 276 g/mol. The summed E-state index contributed by atoms with van der Waals surface area (Å²) in [5, 5.41) is 13.8. The number of hydrogen-bond donors (Lipinski definition) is 3. The van der Waals surface area contributed by atoms with Crippen molar-refractivity contribution < 1.29 is 23.1 Å². The molecule has 0 aromatic heterocycles. The molecule has 106 valence electrons. The van der Waals surface area contributed by atoms with Crippen LogP contribution in [-0.2, 0) is 4.79 Å². The van der Waals surface area contributed by atoms with Crippen molar-refractivity contribution in [3.05, 3.63) is 29.8 Å². The van der Waals surface area contributed by atoms with Crippen molar-refractivity contribution in [1.82, 2.24) is 10.6 Å². The zero-order valence-electron chi connectivity index (χ0n) is 10.3. The zero-order chi connectivity index (χ0) is 14.5. The summed E-state index contributed by atoms with van der Waals surface area (Å²) in [7, 11) is 0. The molecule has 0 radical (unpaired) electrons.